The minimum Gasteiger partial charge on any atom is -0.372 e. The highest BCUT2D eigenvalue weighted by Crippen LogP contribution is 2.26. The van der Waals surface area contributed by atoms with Crippen molar-refractivity contribution in [2.45, 2.75) is 19.4 Å². The molecule has 0 aliphatic heterocycles. The van der Waals surface area contributed by atoms with Crippen LogP contribution in [0.3, 0.4) is 0 Å². The van der Waals surface area contributed by atoms with E-state index in [-0.39, 0.29) is 12.1 Å². The van der Waals surface area contributed by atoms with Gasteiger partial charge in [-0.15, -0.1) is 0 Å². The summed E-state index contributed by atoms with van der Waals surface area (Å²) in [7, 11) is 1.41. The largest absolute Gasteiger partial charge is 0.372 e. The van der Waals surface area contributed by atoms with E-state index in [1.54, 1.807) is 50.2 Å². The van der Waals surface area contributed by atoms with Gasteiger partial charge in [0, 0.05) is 23.4 Å². The Labute approximate surface area is 156 Å². The fourth-order valence-corrected chi connectivity index (χ4v) is 2.58. The number of aryl methyl sites for hydroxylation is 1. The van der Waals surface area contributed by atoms with Gasteiger partial charge >= 0.3 is 11.8 Å². The maximum Gasteiger partial charge on any atom is 0.313 e. The normalized spacial score (nSPS) is 13.0. The first-order valence-electron chi connectivity index (χ1n) is 7.92. The fraction of sp³-hybridized carbons (Fsp3) is 0.263. The first-order valence-corrected chi connectivity index (χ1v) is 8.30. The van der Waals surface area contributed by atoms with Gasteiger partial charge in [-0.1, -0.05) is 35.9 Å². The van der Waals surface area contributed by atoms with Crippen LogP contribution in [0.5, 0.6) is 0 Å². The van der Waals surface area contributed by atoms with Crippen molar-refractivity contribution >= 4 is 29.1 Å². The number of ether oxygens (including phenoxy) is 1. The standard InChI is InChI=1S/C19H20ClFN2O3/c1-12-8-9-13(20)10-16(12)23-18(25)17(24)22-11-19(2,26-3)14-6-4-5-7-15(14)21/h4-10H,11H2,1-3H3,(H,22,24)(H,23,25). The van der Waals surface area contributed by atoms with E-state index in [1.807, 2.05) is 0 Å². The lowest BCUT2D eigenvalue weighted by molar-refractivity contribution is -0.137. The quantitative estimate of drug-likeness (QED) is 0.783. The monoisotopic (exact) mass is 378 g/mol. The molecule has 0 spiro atoms. The summed E-state index contributed by atoms with van der Waals surface area (Å²) < 4.78 is 19.4. The lowest BCUT2D eigenvalue weighted by atomic mass is 9.95. The molecule has 26 heavy (non-hydrogen) atoms. The van der Waals surface area contributed by atoms with Crippen LogP contribution < -0.4 is 10.6 Å². The Kier molecular flexibility index (Phi) is 6.34. The lowest BCUT2D eigenvalue weighted by Gasteiger charge is -2.29. The van der Waals surface area contributed by atoms with Crippen LogP contribution in [0.2, 0.25) is 5.02 Å². The van der Waals surface area contributed by atoms with E-state index in [1.165, 1.54) is 13.2 Å². The summed E-state index contributed by atoms with van der Waals surface area (Å²) >= 11 is 5.90. The number of rotatable bonds is 5. The molecule has 0 saturated carbocycles. The third-order valence-corrected chi connectivity index (χ3v) is 4.37. The van der Waals surface area contributed by atoms with Gasteiger partial charge in [0.05, 0.1) is 6.54 Å². The summed E-state index contributed by atoms with van der Waals surface area (Å²) in [5, 5.41) is 5.43. The molecule has 2 N–H and O–H groups in total. The Morgan fingerprint density at radius 2 is 1.88 bits per heavy atom. The summed E-state index contributed by atoms with van der Waals surface area (Å²) in [4.78, 5) is 24.2. The van der Waals surface area contributed by atoms with Crippen molar-refractivity contribution < 1.29 is 18.7 Å². The third kappa shape index (κ3) is 4.59. The Morgan fingerprint density at radius 3 is 2.54 bits per heavy atom. The van der Waals surface area contributed by atoms with Crippen molar-refractivity contribution in [3.8, 4) is 0 Å². The van der Waals surface area contributed by atoms with Gasteiger partial charge in [0.25, 0.3) is 0 Å². The highest BCUT2D eigenvalue weighted by molar-refractivity contribution is 6.40. The van der Waals surface area contributed by atoms with E-state index in [2.05, 4.69) is 10.6 Å². The molecule has 2 aromatic carbocycles. The number of carbonyl (C=O) groups excluding carboxylic acids is 2. The molecule has 2 amide bonds. The van der Waals surface area contributed by atoms with E-state index >= 15 is 0 Å². The Balaban J connectivity index is 2.05. The number of methoxy groups -OCH3 is 1. The van der Waals surface area contributed by atoms with Crippen molar-refractivity contribution in [2.75, 3.05) is 19.0 Å². The zero-order valence-electron chi connectivity index (χ0n) is 14.7. The summed E-state index contributed by atoms with van der Waals surface area (Å²) in [6.07, 6.45) is 0. The van der Waals surface area contributed by atoms with Gasteiger partial charge in [0.15, 0.2) is 0 Å². The van der Waals surface area contributed by atoms with Crippen LogP contribution in [0.25, 0.3) is 0 Å². The van der Waals surface area contributed by atoms with Crippen LogP contribution in [0.15, 0.2) is 42.5 Å². The molecular weight excluding hydrogens is 359 g/mol. The molecule has 0 radical (unpaired) electrons. The van der Waals surface area contributed by atoms with Gasteiger partial charge in [0.1, 0.15) is 11.4 Å². The molecule has 0 saturated heterocycles. The summed E-state index contributed by atoms with van der Waals surface area (Å²) in [5.74, 6) is -2.16. The lowest BCUT2D eigenvalue weighted by Crippen LogP contribution is -2.44. The molecule has 0 aliphatic carbocycles. The zero-order valence-corrected chi connectivity index (χ0v) is 15.5. The van der Waals surface area contributed by atoms with Crippen LogP contribution in [0.4, 0.5) is 10.1 Å². The second-order valence-electron chi connectivity index (χ2n) is 6.01. The number of carbonyl (C=O) groups is 2. The number of hydrogen-bond acceptors (Lipinski definition) is 3. The van der Waals surface area contributed by atoms with Crippen LogP contribution >= 0.6 is 11.6 Å². The van der Waals surface area contributed by atoms with Gasteiger partial charge in [-0.3, -0.25) is 9.59 Å². The Morgan fingerprint density at radius 1 is 1.19 bits per heavy atom. The Bertz CT molecular complexity index is 828. The first-order chi connectivity index (χ1) is 12.3. The van der Waals surface area contributed by atoms with E-state index in [0.29, 0.717) is 10.7 Å². The van der Waals surface area contributed by atoms with Crippen molar-refractivity contribution in [3.05, 3.63) is 64.4 Å². The molecule has 2 aromatic rings. The molecular formula is C19H20ClFN2O3. The molecule has 0 aromatic heterocycles. The van der Waals surface area contributed by atoms with Gasteiger partial charge in [-0.05, 0) is 37.6 Å². The Hall–Kier alpha value is -2.44. The number of anilines is 1. The average Bonchev–Trinajstić information content (AvgIpc) is 2.62. The maximum atomic E-state index is 14.0. The van der Waals surface area contributed by atoms with Gasteiger partial charge < -0.3 is 15.4 Å². The molecule has 5 nitrogen and oxygen atoms in total. The predicted molar refractivity (Wildman–Crippen MR) is 98.6 cm³/mol. The first kappa shape index (κ1) is 19.9. The van der Waals surface area contributed by atoms with E-state index in [0.717, 1.165) is 5.56 Å². The predicted octanol–water partition coefficient (Wildman–Crippen LogP) is 3.40. The van der Waals surface area contributed by atoms with Crippen molar-refractivity contribution in [1.82, 2.24) is 5.32 Å². The molecule has 1 atom stereocenters. The molecule has 0 fully saturated rings. The van der Waals surface area contributed by atoms with E-state index < -0.39 is 23.2 Å². The number of nitrogens with one attached hydrogen (secondary N) is 2. The topological polar surface area (TPSA) is 67.4 Å². The van der Waals surface area contributed by atoms with E-state index in [9.17, 15) is 14.0 Å². The second kappa shape index (κ2) is 8.29. The maximum absolute atomic E-state index is 14.0. The molecule has 1 unspecified atom stereocenters. The molecule has 0 heterocycles. The van der Waals surface area contributed by atoms with Crippen molar-refractivity contribution in [3.63, 3.8) is 0 Å². The molecule has 0 aliphatic rings. The fourth-order valence-electron chi connectivity index (χ4n) is 2.40. The van der Waals surface area contributed by atoms with Crippen LogP contribution in [-0.4, -0.2) is 25.5 Å². The van der Waals surface area contributed by atoms with Gasteiger partial charge in [-0.25, -0.2) is 4.39 Å². The summed E-state index contributed by atoms with van der Waals surface area (Å²) in [6.45, 7) is 3.33. The smallest absolute Gasteiger partial charge is 0.313 e. The minimum absolute atomic E-state index is 0.0782. The van der Waals surface area contributed by atoms with Gasteiger partial charge in [0.2, 0.25) is 0 Å². The number of halogens is 2. The van der Waals surface area contributed by atoms with Crippen molar-refractivity contribution in [2.24, 2.45) is 0 Å². The molecule has 0 bridgehead atoms. The number of hydrogen-bond donors (Lipinski definition) is 2. The highest BCUT2D eigenvalue weighted by atomic mass is 35.5. The minimum atomic E-state index is -1.12. The summed E-state index contributed by atoms with van der Waals surface area (Å²) in [6, 6.07) is 11.1. The van der Waals surface area contributed by atoms with Crippen molar-refractivity contribution in [1.29, 1.82) is 0 Å². The summed E-state index contributed by atoms with van der Waals surface area (Å²) in [5.41, 5.74) is 0.381. The van der Waals surface area contributed by atoms with Crippen LogP contribution in [0.1, 0.15) is 18.1 Å². The van der Waals surface area contributed by atoms with Crippen LogP contribution in [0, 0.1) is 12.7 Å². The highest BCUT2D eigenvalue weighted by Gasteiger charge is 2.30. The third-order valence-electron chi connectivity index (χ3n) is 4.13. The number of benzene rings is 2. The van der Waals surface area contributed by atoms with Gasteiger partial charge in [-0.2, -0.15) is 0 Å². The average molecular weight is 379 g/mol. The zero-order chi connectivity index (χ0) is 19.3. The molecule has 2 rings (SSSR count). The van der Waals surface area contributed by atoms with Crippen LogP contribution in [-0.2, 0) is 19.9 Å². The molecule has 138 valence electrons. The van der Waals surface area contributed by atoms with E-state index in [4.69, 9.17) is 16.3 Å². The second-order valence-corrected chi connectivity index (χ2v) is 6.45. The number of amides is 2. The SMILES string of the molecule is COC(C)(CNC(=O)C(=O)Nc1cc(Cl)ccc1C)c1ccccc1F. The molecule has 7 heteroatoms.